The fourth-order valence-corrected chi connectivity index (χ4v) is 2.77. The Morgan fingerprint density at radius 3 is 2.06 bits per heavy atom. The van der Waals surface area contributed by atoms with Crippen LogP contribution < -0.4 is 30.0 Å². The lowest BCUT2D eigenvalue weighted by molar-refractivity contribution is 0.355. The van der Waals surface area contributed by atoms with Gasteiger partial charge in [0.2, 0.25) is 0 Å². The van der Waals surface area contributed by atoms with Crippen molar-refractivity contribution in [3.63, 3.8) is 0 Å². The van der Waals surface area contributed by atoms with E-state index in [0.717, 1.165) is 11.3 Å². The molecule has 0 unspecified atom stereocenters. The highest BCUT2D eigenvalue weighted by Crippen LogP contribution is 2.31. The molecule has 0 aromatic heterocycles. The number of nitrogens with zero attached hydrogens (tertiary/aromatic N) is 1. The highest BCUT2D eigenvalue weighted by Gasteiger charge is 2.06. The van der Waals surface area contributed by atoms with Crippen LogP contribution in [0, 0.1) is 0 Å². The van der Waals surface area contributed by atoms with Crippen molar-refractivity contribution >= 4 is 35.6 Å². The maximum Gasteiger partial charge on any atom is 0.193 e. The molecule has 3 rings (SSSR count). The molecule has 0 bridgehead atoms. The third kappa shape index (κ3) is 6.68. The Bertz CT molecular complexity index is 1010. The Morgan fingerprint density at radius 2 is 1.42 bits per heavy atom. The van der Waals surface area contributed by atoms with Crippen molar-refractivity contribution < 1.29 is 18.9 Å². The molecule has 0 saturated heterocycles. The fourth-order valence-electron chi connectivity index (χ4n) is 2.77. The number of halogens is 1. The lowest BCUT2D eigenvalue weighted by Crippen LogP contribution is -2.22. The van der Waals surface area contributed by atoms with Gasteiger partial charge in [-0.1, -0.05) is 24.3 Å². The van der Waals surface area contributed by atoms with Crippen LogP contribution in [0.2, 0.25) is 0 Å². The zero-order chi connectivity index (χ0) is 21.3. The van der Waals surface area contributed by atoms with Crippen molar-refractivity contribution in [3.8, 4) is 28.7 Å². The van der Waals surface area contributed by atoms with E-state index in [-0.39, 0.29) is 24.0 Å². The summed E-state index contributed by atoms with van der Waals surface area (Å²) in [5, 5.41) is 3.05. The molecule has 0 saturated carbocycles. The van der Waals surface area contributed by atoms with Crippen LogP contribution in [0.4, 0.5) is 5.69 Å². The number of hydrogen-bond acceptors (Lipinski definition) is 5. The molecule has 0 aliphatic rings. The summed E-state index contributed by atoms with van der Waals surface area (Å²) in [5.41, 5.74) is 7.77. The Kier molecular flexibility index (Phi) is 9.26. The summed E-state index contributed by atoms with van der Waals surface area (Å²) in [6.07, 6.45) is 0. The first-order valence-corrected chi connectivity index (χ1v) is 9.31. The molecule has 3 aromatic rings. The van der Waals surface area contributed by atoms with Gasteiger partial charge in [0, 0.05) is 11.8 Å². The van der Waals surface area contributed by atoms with E-state index >= 15 is 0 Å². The largest absolute Gasteiger partial charge is 0.493 e. The standard InChI is InChI=1S/C23H25N3O4.HI/c1-27-19-6-4-5-7-21(19)30-18-11-8-16(9-12-18)15-25-23(24)26-17-10-13-20(28-2)22(14-17)29-3;/h4-14H,15H2,1-3H3,(H3,24,25,26);1H. The van der Waals surface area contributed by atoms with Gasteiger partial charge in [-0.05, 0) is 42.0 Å². The third-order valence-corrected chi connectivity index (χ3v) is 4.31. The van der Waals surface area contributed by atoms with Crippen LogP contribution in [0.1, 0.15) is 5.56 Å². The fraction of sp³-hybridized carbons (Fsp3) is 0.174. The number of ether oxygens (including phenoxy) is 4. The zero-order valence-corrected chi connectivity index (χ0v) is 20.0. The molecular formula is C23H26IN3O4. The number of hydrogen-bond donors (Lipinski definition) is 2. The van der Waals surface area contributed by atoms with Gasteiger partial charge in [-0.25, -0.2) is 4.99 Å². The van der Waals surface area contributed by atoms with Crippen LogP contribution in [-0.2, 0) is 6.54 Å². The minimum atomic E-state index is 0. The first-order chi connectivity index (χ1) is 14.6. The van der Waals surface area contributed by atoms with Crippen LogP contribution in [0.25, 0.3) is 0 Å². The zero-order valence-electron chi connectivity index (χ0n) is 17.6. The SMILES string of the molecule is COc1ccc(NC(N)=NCc2ccc(Oc3ccccc3OC)cc2)cc1OC.I. The van der Waals surface area contributed by atoms with Crippen molar-refractivity contribution in [3.05, 3.63) is 72.3 Å². The second-order valence-electron chi connectivity index (χ2n) is 6.29. The molecule has 3 aromatic carbocycles. The Morgan fingerprint density at radius 1 is 0.806 bits per heavy atom. The van der Waals surface area contributed by atoms with Gasteiger partial charge in [-0.3, -0.25) is 0 Å². The van der Waals surface area contributed by atoms with E-state index in [2.05, 4.69) is 10.3 Å². The molecule has 3 N–H and O–H groups in total. The van der Waals surface area contributed by atoms with Gasteiger partial charge in [0.05, 0.1) is 27.9 Å². The normalized spacial score (nSPS) is 10.6. The van der Waals surface area contributed by atoms with Crippen molar-refractivity contribution in [1.82, 2.24) is 0 Å². The molecule has 164 valence electrons. The number of anilines is 1. The maximum absolute atomic E-state index is 6.01. The third-order valence-electron chi connectivity index (χ3n) is 4.31. The quantitative estimate of drug-likeness (QED) is 0.239. The van der Waals surface area contributed by atoms with E-state index in [1.165, 1.54) is 0 Å². The van der Waals surface area contributed by atoms with Crippen molar-refractivity contribution in [2.45, 2.75) is 6.54 Å². The molecule has 31 heavy (non-hydrogen) atoms. The van der Waals surface area contributed by atoms with Gasteiger partial charge >= 0.3 is 0 Å². The van der Waals surface area contributed by atoms with E-state index in [1.54, 1.807) is 33.5 Å². The van der Waals surface area contributed by atoms with E-state index in [9.17, 15) is 0 Å². The highest BCUT2D eigenvalue weighted by molar-refractivity contribution is 14.0. The van der Waals surface area contributed by atoms with Crippen LogP contribution in [0.15, 0.2) is 71.7 Å². The molecule has 0 spiro atoms. The predicted molar refractivity (Wildman–Crippen MR) is 133 cm³/mol. The van der Waals surface area contributed by atoms with Gasteiger partial charge in [-0.2, -0.15) is 0 Å². The Labute approximate surface area is 199 Å². The maximum atomic E-state index is 6.01. The second kappa shape index (κ2) is 11.9. The molecule has 8 heteroatoms. The first kappa shape index (κ1) is 24.1. The molecule has 0 aliphatic carbocycles. The predicted octanol–water partition coefficient (Wildman–Crippen LogP) is 5.05. The first-order valence-electron chi connectivity index (χ1n) is 9.31. The molecule has 0 amide bonds. The van der Waals surface area contributed by atoms with Crippen LogP contribution in [0.5, 0.6) is 28.7 Å². The van der Waals surface area contributed by atoms with Crippen LogP contribution in [-0.4, -0.2) is 27.3 Å². The summed E-state index contributed by atoms with van der Waals surface area (Å²) in [5.74, 6) is 3.62. The van der Waals surface area contributed by atoms with E-state index in [1.807, 2.05) is 54.6 Å². The van der Waals surface area contributed by atoms with Gasteiger partial charge in [-0.15, -0.1) is 24.0 Å². The Balaban J connectivity index is 0.00000341. The monoisotopic (exact) mass is 535 g/mol. The Hall–Kier alpha value is -3.14. The average molecular weight is 535 g/mol. The number of para-hydroxylation sites is 2. The summed E-state index contributed by atoms with van der Waals surface area (Å²) in [4.78, 5) is 4.38. The number of benzene rings is 3. The van der Waals surface area contributed by atoms with Crippen molar-refractivity contribution in [2.24, 2.45) is 10.7 Å². The van der Waals surface area contributed by atoms with E-state index in [0.29, 0.717) is 41.3 Å². The smallest absolute Gasteiger partial charge is 0.193 e. The van der Waals surface area contributed by atoms with Crippen LogP contribution in [0.3, 0.4) is 0 Å². The van der Waals surface area contributed by atoms with Gasteiger partial charge in [0.1, 0.15) is 5.75 Å². The summed E-state index contributed by atoms with van der Waals surface area (Å²) < 4.78 is 21.7. The van der Waals surface area contributed by atoms with Gasteiger partial charge in [0.25, 0.3) is 0 Å². The molecule has 0 fully saturated rings. The highest BCUT2D eigenvalue weighted by atomic mass is 127. The number of rotatable bonds is 8. The molecule has 0 aliphatic heterocycles. The number of nitrogens with one attached hydrogen (secondary N) is 1. The molecular weight excluding hydrogens is 509 g/mol. The summed E-state index contributed by atoms with van der Waals surface area (Å²) in [6.45, 7) is 0.432. The summed E-state index contributed by atoms with van der Waals surface area (Å²) in [7, 11) is 4.79. The van der Waals surface area contributed by atoms with E-state index in [4.69, 9.17) is 24.7 Å². The minimum Gasteiger partial charge on any atom is -0.493 e. The number of methoxy groups -OCH3 is 3. The molecule has 0 atom stereocenters. The van der Waals surface area contributed by atoms with Gasteiger partial charge in [0.15, 0.2) is 29.0 Å². The number of aliphatic imine (C=N–C) groups is 1. The van der Waals surface area contributed by atoms with Gasteiger partial charge < -0.3 is 30.0 Å². The second-order valence-corrected chi connectivity index (χ2v) is 6.29. The van der Waals surface area contributed by atoms with Crippen molar-refractivity contribution in [1.29, 1.82) is 0 Å². The number of guanidine groups is 1. The lowest BCUT2D eigenvalue weighted by atomic mass is 10.2. The molecule has 7 nitrogen and oxygen atoms in total. The molecule has 0 radical (unpaired) electrons. The minimum absolute atomic E-state index is 0. The lowest BCUT2D eigenvalue weighted by Gasteiger charge is -2.11. The average Bonchev–Trinajstić information content (AvgIpc) is 2.79. The van der Waals surface area contributed by atoms with Crippen LogP contribution >= 0.6 is 24.0 Å². The topological polar surface area (TPSA) is 87.3 Å². The van der Waals surface area contributed by atoms with Crippen molar-refractivity contribution in [2.75, 3.05) is 26.6 Å². The number of nitrogens with two attached hydrogens (primary N) is 1. The molecule has 0 heterocycles. The summed E-state index contributed by atoms with van der Waals surface area (Å²) >= 11 is 0. The summed E-state index contributed by atoms with van der Waals surface area (Å²) in [6, 6.07) is 20.6. The van der Waals surface area contributed by atoms with E-state index < -0.39 is 0 Å².